The summed E-state index contributed by atoms with van der Waals surface area (Å²) in [7, 11) is 0. The van der Waals surface area contributed by atoms with Crippen molar-refractivity contribution < 1.29 is 5.11 Å². The molecule has 2 N–H and O–H groups in total. The van der Waals surface area contributed by atoms with Gasteiger partial charge in [0.2, 0.25) is 0 Å². The Morgan fingerprint density at radius 1 is 1.08 bits per heavy atom. The van der Waals surface area contributed by atoms with Crippen LogP contribution < -0.4 is 5.32 Å². The molecule has 0 bridgehead atoms. The smallest absolute Gasteiger partial charge is 0.0431 e. The predicted molar refractivity (Wildman–Crippen MR) is 57.9 cm³/mol. The number of rotatable bonds is 8. The third kappa shape index (κ3) is 9.84. The van der Waals surface area contributed by atoms with Crippen molar-refractivity contribution in [1.29, 1.82) is 0 Å². The van der Waals surface area contributed by atoms with E-state index in [1.165, 1.54) is 12.8 Å². The van der Waals surface area contributed by atoms with Crippen molar-refractivity contribution in [1.82, 2.24) is 5.32 Å². The second-order valence-electron chi connectivity index (χ2n) is 4.26. The van der Waals surface area contributed by atoms with Gasteiger partial charge in [0.1, 0.15) is 0 Å². The lowest BCUT2D eigenvalue weighted by Gasteiger charge is -2.13. The summed E-state index contributed by atoms with van der Waals surface area (Å²) in [5.74, 6) is 0.814. The first kappa shape index (κ1) is 12.9. The zero-order valence-corrected chi connectivity index (χ0v) is 9.34. The van der Waals surface area contributed by atoms with E-state index in [-0.39, 0.29) is 0 Å². The largest absolute Gasteiger partial charge is 0.396 e. The van der Waals surface area contributed by atoms with Crippen LogP contribution in [0, 0.1) is 5.92 Å². The average Bonchev–Trinajstić information content (AvgIpc) is 2.08. The molecule has 0 rings (SSSR count). The third-order valence-electron chi connectivity index (χ3n) is 2.25. The molecule has 0 saturated heterocycles. The van der Waals surface area contributed by atoms with Gasteiger partial charge in [0.05, 0.1) is 0 Å². The van der Waals surface area contributed by atoms with E-state index in [2.05, 4.69) is 26.1 Å². The fraction of sp³-hybridized carbons (Fsp3) is 1.00. The fourth-order valence-electron chi connectivity index (χ4n) is 1.36. The van der Waals surface area contributed by atoms with E-state index in [1.54, 1.807) is 0 Å². The van der Waals surface area contributed by atoms with Gasteiger partial charge < -0.3 is 10.4 Å². The Balaban J connectivity index is 3.12. The van der Waals surface area contributed by atoms with Gasteiger partial charge in [-0.3, -0.25) is 0 Å². The highest BCUT2D eigenvalue weighted by atomic mass is 16.2. The van der Waals surface area contributed by atoms with Crippen molar-refractivity contribution in [3.8, 4) is 0 Å². The monoisotopic (exact) mass is 187 g/mol. The van der Waals surface area contributed by atoms with Gasteiger partial charge in [-0.2, -0.15) is 0 Å². The van der Waals surface area contributed by atoms with Crippen molar-refractivity contribution in [3.63, 3.8) is 0 Å². The first-order chi connectivity index (χ1) is 6.16. The number of hydrogen-bond donors (Lipinski definition) is 2. The molecule has 1 atom stereocenters. The van der Waals surface area contributed by atoms with Crippen LogP contribution in [-0.2, 0) is 0 Å². The van der Waals surface area contributed by atoms with Crippen LogP contribution in [0.3, 0.4) is 0 Å². The summed E-state index contributed by atoms with van der Waals surface area (Å²) in [5.41, 5.74) is 0. The highest BCUT2D eigenvalue weighted by molar-refractivity contribution is 4.60. The number of hydrogen-bond acceptors (Lipinski definition) is 2. The van der Waals surface area contributed by atoms with Gasteiger partial charge >= 0.3 is 0 Å². The second-order valence-corrected chi connectivity index (χ2v) is 4.26. The minimum absolute atomic E-state index is 0.317. The number of nitrogens with one attached hydrogen (secondary N) is 1. The Bertz CT molecular complexity index is 104. The molecule has 0 amide bonds. The van der Waals surface area contributed by atoms with Crippen molar-refractivity contribution >= 4 is 0 Å². The molecular weight excluding hydrogens is 162 g/mol. The summed E-state index contributed by atoms with van der Waals surface area (Å²) in [6.45, 7) is 8.14. The van der Waals surface area contributed by atoms with Gasteiger partial charge in [-0.05, 0) is 45.1 Å². The molecule has 0 fully saturated rings. The molecular formula is C11H25NO. The summed E-state index contributed by atoms with van der Waals surface area (Å²) >= 11 is 0. The minimum Gasteiger partial charge on any atom is -0.396 e. The van der Waals surface area contributed by atoms with Crippen LogP contribution in [0.1, 0.15) is 46.5 Å². The normalized spacial score (nSPS) is 13.6. The van der Waals surface area contributed by atoms with E-state index in [9.17, 15) is 0 Å². The van der Waals surface area contributed by atoms with Gasteiger partial charge in [-0.1, -0.05) is 13.8 Å². The number of aliphatic hydroxyl groups is 1. The summed E-state index contributed by atoms with van der Waals surface area (Å²) in [5, 5.41) is 12.1. The highest BCUT2D eigenvalue weighted by Gasteiger charge is 2.00. The standard InChI is InChI=1S/C11H25NO/c1-10(2)6-4-8-12-11(3)7-5-9-13/h10-13H,4-9H2,1-3H3. The number of aliphatic hydroxyl groups excluding tert-OH is 1. The van der Waals surface area contributed by atoms with Gasteiger partial charge in [-0.25, -0.2) is 0 Å². The Hall–Kier alpha value is -0.0800. The van der Waals surface area contributed by atoms with Crippen LogP contribution in [0.15, 0.2) is 0 Å². The van der Waals surface area contributed by atoms with Gasteiger partial charge in [0.25, 0.3) is 0 Å². The Morgan fingerprint density at radius 2 is 1.77 bits per heavy atom. The molecule has 0 aliphatic rings. The zero-order chi connectivity index (χ0) is 10.1. The van der Waals surface area contributed by atoms with Crippen molar-refractivity contribution in [2.45, 2.75) is 52.5 Å². The molecule has 0 aromatic heterocycles. The molecule has 0 aliphatic heterocycles. The van der Waals surface area contributed by atoms with E-state index in [4.69, 9.17) is 5.11 Å². The SMILES string of the molecule is CC(C)CCCNC(C)CCCO. The third-order valence-corrected chi connectivity index (χ3v) is 2.25. The molecule has 2 heteroatoms. The van der Waals surface area contributed by atoms with Gasteiger partial charge in [0, 0.05) is 12.6 Å². The molecule has 13 heavy (non-hydrogen) atoms. The maximum absolute atomic E-state index is 8.63. The summed E-state index contributed by atoms with van der Waals surface area (Å²) in [4.78, 5) is 0. The quantitative estimate of drug-likeness (QED) is 0.571. The van der Waals surface area contributed by atoms with E-state index in [0.717, 1.165) is 25.3 Å². The lowest BCUT2D eigenvalue weighted by atomic mass is 10.1. The Kier molecular flexibility index (Phi) is 8.46. The topological polar surface area (TPSA) is 32.3 Å². The first-order valence-corrected chi connectivity index (χ1v) is 5.51. The van der Waals surface area contributed by atoms with Crippen LogP contribution in [0.25, 0.3) is 0 Å². The Morgan fingerprint density at radius 3 is 2.31 bits per heavy atom. The lowest BCUT2D eigenvalue weighted by molar-refractivity contribution is 0.276. The van der Waals surface area contributed by atoms with Crippen molar-refractivity contribution in [2.24, 2.45) is 5.92 Å². The van der Waals surface area contributed by atoms with Crippen LogP contribution in [0.5, 0.6) is 0 Å². The van der Waals surface area contributed by atoms with Crippen molar-refractivity contribution in [3.05, 3.63) is 0 Å². The molecule has 0 heterocycles. The molecule has 0 saturated carbocycles. The fourth-order valence-corrected chi connectivity index (χ4v) is 1.36. The maximum Gasteiger partial charge on any atom is 0.0431 e. The summed E-state index contributed by atoms with van der Waals surface area (Å²) in [6.07, 6.45) is 4.57. The maximum atomic E-state index is 8.63. The molecule has 0 aromatic rings. The molecule has 80 valence electrons. The lowest BCUT2D eigenvalue weighted by Crippen LogP contribution is -2.27. The molecule has 0 aliphatic carbocycles. The molecule has 0 radical (unpaired) electrons. The highest BCUT2D eigenvalue weighted by Crippen LogP contribution is 2.02. The summed E-state index contributed by atoms with van der Waals surface area (Å²) < 4.78 is 0. The van der Waals surface area contributed by atoms with Crippen LogP contribution in [-0.4, -0.2) is 24.3 Å². The first-order valence-electron chi connectivity index (χ1n) is 5.51. The molecule has 1 unspecified atom stereocenters. The minimum atomic E-state index is 0.317. The van der Waals surface area contributed by atoms with Crippen LogP contribution >= 0.6 is 0 Å². The van der Waals surface area contributed by atoms with E-state index >= 15 is 0 Å². The van der Waals surface area contributed by atoms with Crippen LogP contribution in [0.4, 0.5) is 0 Å². The van der Waals surface area contributed by atoms with Gasteiger partial charge in [0.15, 0.2) is 0 Å². The van der Waals surface area contributed by atoms with Crippen LogP contribution in [0.2, 0.25) is 0 Å². The average molecular weight is 187 g/mol. The molecule has 2 nitrogen and oxygen atoms in total. The second kappa shape index (κ2) is 8.52. The van der Waals surface area contributed by atoms with E-state index in [1.807, 2.05) is 0 Å². The van der Waals surface area contributed by atoms with Gasteiger partial charge in [-0.15, -0.1) is 0 Å². The predicted octanol–water partition coefficient (Wildman–Crippen LogP) is 2.17. The van der Waals surface area contributed by atoms with E-state index in [0.29, 0.717) is 12.6 Å². The van der Waals surface area contributed by atoms with E-state index < -0.39 is 0 Å². The zero-order valence-electron chi connectivity index (χ0n) is 9.34. The van der Waals surface area contributed by atoms with Crippen molar-refractivity contribution in [2.75, 3.05) is 13.2 Å². The Labute approximate surface area is 82.7 Å². The summed E-state index contributed by atoms with van der Waals surface area (Å²) in [6, 6.07) is 0.555. The molecule has 0 spiro atoms. The molecule has 0 aromatic carbocycles.